The lowest BCUT2D eigenvalue weighted by Gasteiger charge is -2.08. The van der Waals surface area contributed by atoms with E-state index in [1.165, 1.54) is 5.56 Å². The molecule has 1 heterocycles. The molecule has 0 aliphatic heterocycles. The van der Waals surface area contributed by atoms with Crippen LogP contribution in [0.25, 0.3) is 11.1 Å². The summed E-state index contributed by atoms with van der Waals surface area (Å²) in [5.74, 6) is 2.17. The third-order valence-corrected chi connectivity index (χ3v) is 3.23. The molecule has 0 aliphatic rings. The van der Waals surface area contributed by atoms with Crippen molar-refractivity contribution in [2.45, 2.75) is 6.92 Å². The summed E-state index contributed by atoms with van der Waals surface area (Å²) < 4.78 is 5.83. The molecule has 0 unspecified atom stereocenters. The van der Waals surface area contributed by atoms with Crippen molar-refractivity contribution in [2.24, 2.45) is 0 Å². The highest BCUT2D eigenvalue weighted by atomic mass is 16.5. The number of ether oxygens (including phenoxy) is 1. The van der Waals surface area contributed by atoms with Crippen LogP contribution >= 0.6 is 0 Å². The third-order valence-electron chi connectivity index (χ3n) is 3.23. The summed E-state index contributed by atoms with van der Waals surface area (Å²) in [6.07, 6.45) is 1.69. The molecular weight excluding hydrogens is 260 g/mol. The first-order valence-corrected chi connectivity index (χ1v) is 6.78. The maximum absolute atomic E-state index is 5.89. The molecule has 0 aliphatic carbocycles. The van der Waals surface area contributed by atoms with E-state index in [2.05, 4.69) is 4.98 Å². The molecule has 3 heteroatoms. The van der Waals surface area contributed by atoms with E-state index >= 15 is 0 Å². The van der Waals surface area contributed by atoms with Crippen molar-refractivity contribution >= 4 is 5.82 Å². The van der Waals surface area contributed by atoms with E-state index in [1.807, 2.05) is 67.6 Å². The van der Waals surface area contributed by atoms with Crippen molar-refractivity contribution in [1.29, 1.82) is 0 Å². The zero-order valence-electron chi connectivity index (χ0n) is 11.8. The highest BCUT2D eigenvalue weighted by molar-refractivity contribution is 5.73. The Bertz CT molecular complexity index is 751. The van der Waals surface area contributed by atoms with Gasteiger partial charge in [-0.05, 0) is 54.4 Å². The van der Waals surface area contributed by atoms with E-state index in [4.69, 9.17) is 10.5 Å². The molecule has 2 aromatic carbocycles. The van der Waals surface area contributed by atoms with Crippen molar-refractivity contribution in [3.63, 3.8) is 0 Å². The molecule has 0 amide bonds. The lowest BCUT2D eigenvalue weighted by atomic mass is 10.1. The number of anilines is 1. The number of nitrogen functional groups attached to an aromatic ring is 1. The molecule has 0 atom stereocenters. The van der Waals surface area contributed by atoms with Gasteiger partial charge in [0.2, 0.25) is 0 Å². The number of pyridine rings is 1. The Kier molecular flexibility index (Phi) is 3.56. The summed E-state index contributed by atoms with van der Waals surface area (Å²) in [5.41, 5.74) is 9.02. The largest absolute Gasteiger partial charge is 0.457 e. The van der Waals surface area contributed by atoms with Crippen LogP contribution in [0.15, 0.2) is 66.9 Å². The van der Waals surface area contributed by atoms with Gasteiger partial charge in [-0.1, -0.05) is 24.3 Å². The molecule has 0 saturated heterocycles. The zero-order valence-corrected chi connectivity index (χ0v) is 11.8. The fourth-order valence-corrected chi connectivity index (χ4v) is 2.18. The Balaban J connectivity index is 1.83. The minimum atomic E-state index is 0.532. The fourth-order valence-electron chi connectivity index (χ4n) is 2.18. The minimum absolute atomic E-state index is 0.532. The zero-order chi connectivity index (χ0) is 14.7. The molecule has 3 nitrogen and oxygen atoms in total. The number of hydrogen-bond acceptors (Lipinski definition) is 3. The predicted octanol–water partition coefficient (Wildman–Crippen LogP) is 4.43. The Morgan fingerprint density at radius 2 is 1.71 bits per heavy atom. The van der Waals surface area contributed by atoms with Crippen LogP contribution in [0.3, 0.4) is 0 Å². The van der Waals surface area contributed by atoms with Gasteiger partial charge in [0, 0.05) is 11.8 Å². The van der Waals surface area contributed by atoms with Gasteiger partial charge in [-0.15, -0.1) is 0 Å². The SMILES string of the molecule is Cc1cccc(Oc2ccc(-c3cccnc3N)cc2)c1. The second kappa shape index (κ2) is 5.67. The average Bonchev–Trinajstić information content (AvgIpc) is 2.49. The Morgan fingerprint density at radius 3 is 2.43 bits per heavy atom. The summed E-state index contributed by atoms with van der Waals surface area (Å²) in [6, 6.07) is 19.6. The van der Waals surface area contributed by atoms with Gasteiger partial charge >= 0.3 is 0 Å². The number of nitrogens with two attached hydrogens (primary N) is 1. The fraction of sp³-hybridized carbons (Fsp3) is 0.0556. The molecule has 3 aromatic rings. The van der Waals surface area contributed by atoms with Crippen LogP contribution in [0.4, 0.5) is 5.82 Å². The summed E-state index contributed by atoms with van der Waals surface area (Å²) in [6.45, 7) is 2.04. The van der Waals surface area contributed by atoms with E-state index in [9.17, 15) is 0 Å². The molecule has 0 spiro atoms. The van der Waals surface area contributed by atoms with Gasteiger partial charge in [0.1, 0.15) is 17.3 Å². The Labute approximate surface area is 124 Å². The van der Waals surface area contributed by atoms with Crippen molar-refractivity contribution in [3.8, 4) is 22.6 Å². The number of benzene rings is 2. The van der Waals surface area contributed by atoms with Gasteiger partial charge in [0.05, 0.1) is 0 Å². The van der Waals surface area contributed by atoms with E-state index in [1.54, 1.807) is 6.20 Å². The molecular formula is C18H16N2O. The van der Waals surface area contributed by atoms with Gasteiger partial charge in [-0.2, -0.15) is 0 Å². The lowest BCUT2D eigenvalue weighted by molar-refractivity contribution is 0.482. The summed E-state index contributed by atoms with van der Waals surface area (Å²) in [7, 11) is 0. The normalized spacial score (nSPS) is 10.3. The van der Waals surface area contributed by atoms with E-state index in [-0.39, 0.29) is 0 Å². The molecule has 0 radical (unpaired) electrons. The smallest absolute Gasteiger partial charge is 0.131 e. The molecule has 104 valence electrons. The quantitative estimate of drug-likeness (QED) is 0.769. The Morgan fingerprint density at radius 1 is 0.905 bits per heavy atom. The summed E-state index contributed by atoms with van der Waals surface area (Å²) in [4.78, 5) is 4.10. The molecule has 2 N–H and O–H groups in total. The number of rotatable bonds is 3. The van der Waals surface area contributed by atoms with Crippen LogP contribution in [0.5, 0.6) is 11.5 Å². The number of hydrogen-bond donors (Lipinski definition) is 1. The van der Waals surface area contributed by atoms with Crippen molar-refractivity contribution in [1.82, 2.24) is 4.98 Å². The van der Waals surface area contributed by atoms with Crippen LogP contribution in [0, 0.1) is 6.92 Å². The molecule has 21 heavy (non-hydrogen) atoms. The van der Waals surface area contributed by atoms with E-state index in [0.717, 1.165) is 22.6 Å². The van der Waals surface area contributed by atoms with Crippen LogP contribution in [-0.4, -0.2) is 4.98 Å². The highest BCUT2D eigenvalue weighted by Crippen LogP contribution is 2.28. The van der Waals surface area contributed by atoms with E-state index in [0.29, 0.717) is 5.82 Å². The van der Waals surface area contributed by atoms with Crippen LogP contribution < -0.4 is 10.5 Å². The molecule has 3 rings (SSSR count). The Hall–Kier alpha value is -2.81. The first kappa shape index (κ1) is 13.2. The number of aryl methyl sites for hydroxylation is 1. The first-order chi connectivity index (χ1) is 10.2. The predicted molar refractivity (Wildman–Crippen MR) is 85.3 cm³/mol. The van der Waals surface area contributed by atoms with Crippen LogP contribution in [0.2, 0.25) is 0 Å². The monoisotopic (exact) mass is 276 g/mol. The van der Waals surface area contributed by atoms with Gasteiger partial charge in [0.15, 0.2) is 0 Å². The molecule has 0 saturated carbocycles. The van der Waals surface area contributed by atoms with Crippen LogP contribution in [0.1, 0.15) is 5.56 Å². The van der Waals surface area contributed by atoms with Gasteiger partial charge in [-0.3, -0.25) is 0 Å². The lowest BCUT2D eigenvalue weighted by Crippen LogP contribution is -1.93. The topological polar surface area (TPSA) is 48.1 Å². The number of nitrogens with zero attached hydrogens (tertiary/aromatic N) is 1. The van der Waals surface area contributed by atoms with Crippen LogP contribution in [-0.2, 0) is 0 Å². The summed E-state index contributed by atoms with van der Waals surface area (Å²) in [5, 5.41) is 0. The standard InChI is InChI=1S/C18H16N2O/c1-13-4-2-5-16(12-13)21-15-9-7-14(8-10-15)17-6-3-11-20-18(17)19/h2-12H,1H3,(H2,19,20). The third kappa shape index (κ3) is 3.03. The van der Waals surface area contributed by atoms with Crippen molar-refractivity contribution in [3.05, 3.63) is 72.4 Å². The average molecular weight is 276 g/mol. The minimum Gasteiger partial charge on any atom is -0.457 e. The molecule has 0 fully saturated rings. The molecule has 1 aromatic heterocycles. The first-order valence-electron chi connectivity index (χ1n) is 6.78. The van der Waals surface area contributed by atoms with Crippen molar-refractivity contribution < 1.29 is 4.74 Å². The van der Waals surface area contributed by atoms with Gasteiger partial charge in [-0.25, -0.2) is 4.98 Å². The second-order valence-corrected chi connectivity index (χ2v) is 4.88. The summed E-state index contributed by atoms with van der Waals surface area (Å²) >= 11 is 0. The maximum atomic E-state index is 5.89. The maximum Gasteiger partial charge on any atom is 0.131 e. The van der Waals surface area contributed by atoms with Gasteiger partial charge in [0.25, 0.3) is 0 Å². The van der Waals surface area contributed by atoms with Crippen molar-refractivity contribution in [2.75, 3.05) is 5.73 Å². The highest BCUT2D eigenvalue weighted by Gasteiger charge is 2.03. The number of aromatic nitrogens is 1. The molecule has 0 bridgehead atoms. The second-order valence-electron chi connectivity index (χ2n) is 4.88. The van der Waals surface area contributed by atoms with Gasteiger partial charge < -0.3 is 10.5 Å². The van der Waals surface area contributed by atoms with E-state index < -0.39 is 0 Å².